The van der Waals surface area contributed by atoms with E-state index in [1.54, 1.807) is 0 Å². The molecule has 12 heavy (non-hydrogen) atoms. The Morgan fingerprint density at radius 1 is 1.00 bits per heavy atom. The molecule has 1 N–H and O–H groups in total. The fourth-order valence-corrected chi connectivity index (χ4v) is 0.439. The topological polar surface area (TPSA) is 54.4 Å². The molecule has 0 fully saturated rings. The largest absolute Gasteiger partial charge is 0.472 e. The Hall–Kier alpha value is 0.495. The van der Waals surface area contributed by atoms with Crippen LogP contribution < -0.4 is 0 Å². The molecule has 0 heterocycles. The van der Waals surface area contributed by atoms with Crippen LogP contribution in [0.3, 0.4) is 0 Å². The van der Waals surface area contributed by atoms with Crippen LogP contribution in [0.5, 0.6) is 0 Å². The Bertz CT molecular complexity index is 242. The van der Waals surface area contributed by atoms with E-state index in [-0.39, 0.29) is 27.7 Å². The minimum atomic E-state index is -6.42. The summed E-state index contributed by atoms with van der Waals surface area (Å²) in [4.78, 5) is 0. The second-order valence-corrected chi connectivity index (χ2v) is 2.95. The zero-order valence-electron chi connectivity index (χ0n) is 5.27. The van der Waals surface area contributed by atoms with Crippen molar-refractivity contribution < 1.29 is 62.6 Å². The van der Waals surface area contributed by atoms with Crippen molar-refractivity contribution in [1.29, 1.82) is 0 Å². The summed E-state index contributed by atoms with van der Waals surface area (Å²) in [5.41, 5.74) is 0. The SMILES string of the molecule is O=S(=O)(O)C(F)(F)C(F)(F)F.[Hg]. The Morgan fingerprint density at radius 3 is 1.25 bits per heavy atom. The molecule has 10 heteroatoms. The van der Waals surface area contributed by atoms with Gasteiger partial charge in [-0.05, 0) is 0 Å². The van der Waals surface area contributed by atoms with Gasteiger partial charge in [0.25, 0.3) is 0 Å². The van der Waals surface area contributed by atoms with Gasteiger partial charge in [0.1, 0.15) is 0 Å². The number of halogens is 5. The molecule has 0 aliphatic heterocycles. The fraction of sp³-hybridized carbons (Fsp3) is 1.00. The molecule has 0 aliphatic rings. The van der Waals surface area contributed by atoms with E-state index in [4.69, 9.17) is 4.55 Å². The molecule has 0 amide bonds. The molecule has 0 bridgehead atoms. The average molecular weight is 401 g/mol. The van der Waals surface area contributed by atoms with Crippen molar-refractivity contribution in [2.24, 2.45) is 0 Å². The normalized spacial score (nSPS) is 13.8. The van der Waals surface area contributed by atoms with Gasteiger partial charge in [-0.25, -0.2) is 0 Å². The van der Waals surface area contributed by atoms with Gasteiger partial charge in [-0.3, -0.25) is 4.55 Å². The first-order chi connectivity index (χ1) is 4.50. The minimum absolute atomic E-state index is 0. The van der Waals surface area contributed by atoms with E-state index in [0.29, 0.717) is 0 Å². The summed E-state index contributed by atoms with van der Waals surface area (Å²) < 4.78 is 82.2. The van der Waals surface area contributed by atoms with E-state index in [0.717, 1.165) is 0 Å². The zero-order chi connectivity index (χ0) is 9.50. The summed E-state index contributed by atoms with van der Waals surface area (Å²) in [6.45, 7) is 0. The molecule has 0 atom stereocenters. The van der Waals surface area contributed by atoms with Crippen LogP contribution in [0.25, 0.3) is 0 Å². The molecular weight excluding hydrogens is 400 g/mol. The standard InChI is InChI=1S/C2HF5O3S.Hg/c3-1(4,5)2(6,7)11(8,9)10;/h(H,8,9,10);. The van der Waals surface area contributed by atoms with Crippen molar-refractivity contribution in [2.75, 3.05) is 0 Å². The van der Waals surface area contributed by atoms with Crippen LogP contribution in [0, 0.1) is 0 Å². The summed E-state index contributed by atoms with van der Waals surface area (Å²) in [6, 6.07) is 0. The molecule has 0 saturated heterocycles. The first-order valence-electron chi connectivity index (χ1n) is 1.91. The van der Waals surface area contributed by atoms with Crippen LogP contribution in [0.15, 0.2) is 0 Å². The van der Waals surface area contributed by atoms with Gasteiger partial charge in [0.15, 0.2) is 0 Å². The van der Waals surface area contributed by atoms with Crippen molar-refractivity contribution in [1.82, 2.24) is 0 Å². The maximum absolute atomic E-state index is 11.5. The van der Waals surface area contributed by atoms with Gasteiger partial charge in [0, 0.05) is 27.7 Å². The Kier molecular flexibility index (Phi) is 4.62. The van der Waals surface area contributed by atoms with Gasteiger partial charge in [0.05, 0.1) is 0 Å². The van der Waals surface area contributed by atoms with Gasteiger partial charge in [-0.1, -0.05) is 0 Å². The van der Waals surface area contributed by atoms with Crippen LogP contribution in [0.1, 0.15) is 0 Å². The molecule has 0 unspecified atom stereocenters. The van der Waals surface area contributed by atoms with Crippen molar-refractivity contribution in [2.45, 2.75) is 11.4 Å². The van der Waals surface area contributed by atoms with Crippen LogP contribution in [-0.2, 0) is 37.8 Å². The minimum Gasteiger partial charge on any atom is -0.281 e. The maximum Gasteiger partial charge on any atom is 0.472 e. The number of rotatable bonds is 1. The first-order valence-corrected chi connectivity index (χ1v) is 3.36. The molecule has 0 aromatic rings. The second kappa shape index (κ2) is 3.70. The summed E-state index contributed by atoms with van der Waals surface area (Å²) in [5.74, 6) is 0. The molecule has 0 aromatic heterocycles. The summed E-state index contributed by atoms with van der Waals surface area (Å²) in [6.07, 6.45) is -6.29. The van der Waals surface area contributed by atoms with Gasteiger partial charge >= 0.3 is 21.5 Å². The van der Waals surface area contributed by atoms with Gasteiger partial charge in [0.2, 0.25) is 0 Å². The van der Waals surface area contributed by atoms with Crippen molar-refractivity contribution in [3.8, 4) is 0 Å². The van der Waals surface area contributed by atoms with E-state index in [1.165, 1.54) is 0 Å². The zero-order valence-corrected chi connectivity index (χ0v) is 11.6. The summed E-state index contributed by atoms with van der Waals surface area (Å²) in [5, 5.41) is -6.10. The quantitative estimate of drug-likeness (QED) is 0.406. The van der Waals surface area contributed by atoms with E-state index >= 15 is 0 Å². The Balaban J connectivity index is 0. The van der Waals surface area contributed by atoms with Crippen LogP contribution >= 0.6 is 0 Å². The molecule has 0 spiro atoms. The smallest absolute Gasteiger partial charge is 0.281 e. The molecule has 0 aliphatic carbocycles. The van der Waals surface area contributed by atoms with Crippen molar-refractivity contribution in [3.63, 3.8) is 0 Å². The van der Waals surface area contributed by atoms with Crippen LogP contribution in [-0.4, -0.2) is 24.4 Å². The molecule has 70 valence electrons. The number of hydrogen-bond donors (Lipinski definition) is 1. The molecule has 0 saturated carbocycles. The van der Waals surface area contributed by atoms with E-state index in [2.05, 4.69) is 0 Å². The average Bonchev–Trinajstić information content (AvgIpc) is 1.58. The third-order valence-electron chi connectivity index (χ3n) is 0.654. The van der Waals surface area contributed by atoms with E-state index in [9.17, 15) is 30.4 Å². The van der Waals surface area contributed by atoms with Gasteiger partial charge in [-0.15, -0.1) is 0 Å². The first kappa shape index (κ1) is 15.0. The second-order valence-electron chi connectivity index (χ2n) is 1.49. The van der Waals surface area contributed by atoms with Crippen LogP contribution in [0.2, 0.25) is 0 Å². The molecular formula is C2HF5HgO3S. The molecule has 0 aromatic carbocycles. The van der Waals surface area contributed by atoms with Crippen LogP contribution in [0.4, 0.5) is 22.0 Å². The van der Waals surface area contributed by atoms with E-state index in [1.807, 2.05) is 0 Å². The third kappa shape index (κ3) is 2.77. The molecule has 3 nitrogen and oxygen atoms in total. The predicted molar refractivity (Wildman–Crippen MR) is 22.6 cm³/mol. The summed E-state index contributed by atoms with van der Waals surface area (Å²) >= 11 is 0. The van der Waals surface area contributed by atoms with Gasteiger partial charge in [-0.2, -0.15) is 30.4 Å². The number of alkyl halides is 5. The summed E-state index contributed by atoms with van der Waals surface area (Å²) in [7, 11) is -6.42. The van der Waals surface area contributed by atoms with Gasteiger partial charge < -0.3 is 0 Å². The monoisotopic (exact) mass is 402 g/mol. The molecule has 0 rings (SSSR count). The third-order valence-corrected chi connectivity index (χ3v) is 1.53. The molecule has 0 radical (unpaired) electrons. The Morgan fingerprint density at radius 2 is 1.25 bits per heavy atom. The predicted octanol–water partition coefficient (Wildman–Crippen LogP) is 1.03. The van der Waals surface area contributed by atoms with Crippen molar-refractivity contribution in [3.05, 3.63) is 0 Å². The van der Waals surface area contributed by atoms with Crippen molar-refractivity contribution >= 4 is 10.1 Å². The van der Waals surface area contributed by atoms with E-state index < -0.39 is 21.5 Å². The maximum atomic E-state index is 11.5. The Labute approximate surface area is 84.2 Å². The fourth-order valence-electron chi connectivity index (χ4n) is 0.146. The number of hydrogen-bond acceptors (Lipinski definition) is 2.